The molecule has 0 saturated heterocycles. The number of carbonyl (C=O) groups excluding carboxylic acids is 1. The first kappa shape index (κ1) is 12.0. The van der Waals surface area contributed by atoms with Gasteiger partial charge < -0.3 is 10.5 Å². The highest BCUT2D eigenvalue weighted by atomic mass is 35.5. The Morgan fingerprint density at radius 2 is 2.00 bits per heavy atom. The minimum atomic E-state index is -0.498. The van der Waals surface area contributed by atoms with Gasteiger partial charge in [-0.1, -0.05) is 12.1 Å². The quantitative estimate of drug-likeness (QED) is 0.788. The zero-order valence-corrected chi connectivity index (χ0v) is 9.33. The van der Waals surface area contributed by atoms with Crippen LogP contribution in [0.4, 0.5) is 0 Å². The van der Waals surface area contributed by atoms with Crippen molar-refractivity contribution in [3.05, 3.63) is 29.8 Å². The zero-order chi connectivity index (χ0) is 11.3. The Morgan fingerprint density at radius 3 is 2.33 bits per heavy atom. The predicted octanol–water partition coefficient (Wildman–Crippen LogP) is 2.18. The number of rotatable bonds is 2. The van der Waals surface area contributed by atoms with Crippen LogP contribution in [0.1, 0.15) is 23.2 Å². The van der Waals surface area contributed by atoms with Crippen LogP contribution < -0.4 is 10.5 Å². The van der Waals surface area contributed by atoms with E-state index in [-0.39, 0.29) is 0 Å². The number of hydrogen-bond acceptors (Lipinski definition) is 3. The molecule has 3 nitrogen and oxygen atoms in total. The van der Waals surface area contributed by atoms with Gasteiger partial charge in [0.2, 0.25) is 0 Å². The van der Waals surface area contributed by atoms with Crippen LogP contribution in [0.25, 0.3) is 0 Å². The van der Waals surface area contributed by atoms with Crippen LogP contribution in [0.2, 0.25) is 0 Å². The van der Waals surface area contributed by atoms with Crippen molar-refractivity contribution in [3.63, 3.8) is 0 Å². The third-order valence-corrected chi connectivity index (χ3v) is 2.14. The average Bonchev–Trinajstić information content (AvgIpc) is 3.01. The molecule has 0 amide bonds. The maximum atomic E-state index is 10.7. The number of ether oxygens (including phenoxy) is 1. The molecule has 0 atom stereocenters. The first-order valence-corrected chi connectivity index (χ1v) is 5.11. The fourth-order valence-corrected chi connectivity index (χ4v) is 1.06. The maximum Gasteiger partial charge on any atom is 0.256 e. The molecule has 1 aliphatic carbocycles. The van der Waals surface area contributed by atoms with Crippen molar-refractivity contribution < 1.29 is 9.53 Å². The van der Waals surface area contributed by atoms with E-state index in [0.29, 0.717) is 17.4 Å². The van der Waals surface area contributed by atoms with Gasteiger partial charge in [-0.25, -0.2) is 0 Å². The number of hydrogen-bond donors (Lipinski definition) is 1. The SMILES string of the molecule is COc1ccccc1C(=O)Cl.NC1CC1. The Balaban J connectivity index is 0.000000234. The lowest BCUT2D eigenvalue weighted by Crippen LogP contribution is -1.94. The molecule has 1 aromatic carbocycles. The lowest BCUT2D eigenvalue weighted by atomic mass is 10.2. The van der Waals surface area contributed by atoms with Crippen LogP contribution in [0, 0.1) is 0 Å². The zero-order valence-electron chi connectivity index (χ0n) is 8.57. The van der Waals surface area contributed by atoms with Crippen LogP contribution in [-0.2, 0) is 0 Å². The molecule has 0 bridgehead atoms. The van der Waals surface area contributed by atoms with Crippen LogP contribution in [-0.4, -0.2) is 18.4 Å². The Bertz CT molecular complexity index is 337. The molecule has 0 spiro atoms. The van der Waals surface area contributed by atoms with Gasteiger partial charge in [-0.05, 0) is 36.6 Å². The second-order valence-electron chi connectivity index (χ2n) is 3.31. The number of nitrogens with two attached hydrogens (primary N) is 1. The van der Waals surface area contributed by atoms with Gasteiger partial charge in [0.15, 0.2) is 0 Å². The predicted molar refractivity (Wildman–Crippen MR) is 60.4 cm³/mol. The van der Waals surface area contributed by atoms with Crippen LogP contribution in [0.3, 0.4) is 0 Å². The summed E-state index contributed by atoms with van der Waals surface area (Å²) in [5.41, 5.74) is 5.62. The molecular weight excluding hydrogens is 214 g/mol. The molecule has 0 aromatic heterocycles. The minimum Gasteiger partial charge on any atom is -0.496 e. The largest absolute Gasteiger partial charge is 0.496 e. The molecule has 4 heteroatoms. The van der Waals surface area contributed by atoms with Crippen molar-refractivity contribution in [1.29, 1.82) is 0 Å². The fourth-order valence-electron chi connectivity index (χ4n) is 0.903. The van der Waals surface area contributed by atoms with Gasteiger partial charge >= 0.3 is 0 Å². The standard InChI is InChI=1S/C8H7ClO2.C3H7N/c1-11-7-5-3-2-4-6(7)8(9)10;4-3-1-2-3/h2-5H,1H3;3H,1-2,4H2. The molecule has 15 heavy (non-hydrogen) atoms. The molecular formula is C11H14ClNO2. The topological polar surface area (TPSA) is 52.3 Å². The molecule has 1 aromatic rings. The van der Waals surface area contributed by atoms with E-state index in [1.165, 1.54) is 20.0 Å². The van der Waals surface area contributed by atoms with Crippen molar-refractivity contribution in [2.24, 2.45) is 5.73 Å². The van der Waals surface area contributed by atoms with E-state index in [0.717, 1.165) is 0 Å². The molecule has 2 N–H and O–H groups in total. The summed E-state index contributed by atoms with van der Waals surface area (Å²) in [7, 11) is 1.50. The normalized spacial score (nSPS) is 13.8. The number of methoxy groups -OCH3 is 1. The highest BCUT2D eigenvalue weighted by Gasteiger charge is 2.13. The van der Waals surface area contributed by atoms with E-state index in [9.17, 15) is 4.79 Å². The van der Waals surface area contributed by atoms with Crippen LogP contribution in [0.15, 0.2) is 24.3 Å². The van der Waals surface area contributed by atoms with Gasteiger partial charge in [0.1, 0.15) is 5.75 Å². The number of halogens is 1. The molecule has 82 valence electrons. The summed E-state index contributed by atoms with van der Waals surface area (Å²) in [4.78, 5) is 10.7. The first-order chi connectivity index (χ1) is 7.15. The van der Waals surface area contributed by atoms with Crippen molar-refractivity contribution in [3.8, 4) is 5.75 Å². The number of benzene rings is 1. The summed E-state index contributed by atoms with van der Waals surface area (Å²) in [5.74, 6) is 0.507. The van der Waals surface area contributed by atoms with Crippen molar-refractivity contribution in [2.45, 2.75) is 18.9 Å². The molecule has 2 rings (SSSR count). The van der Waals surface area contributed by atoms with E-state index in [2.05, 4.69) is 0 Å². The smallest absolute Gasteiger partial charge is 0.256 e. The second kappa shape index (κ2) is 5.73. The molecule has 0 aliphatic heterocycles. The van der Waals surface area contributed by atoms with Crippen molar-refractivity contribution >= 4 is 16.8 Å². The van der Waals surface area contributed by atoms with E-state index >= 15 is 0 Å². The molecule has 0 heterocycles. The van der Waals surface area contributed by atoms with Gasteiger partial charge in [-0.3, -0.25) is 4.79 Å². The van der Waals surface area contributed by atoms with Crippen molar-refractivity contribution in [1.82, 2.24) is 0 Å². The average molecular weight is 228 g/mol. The summed E-state index contributed by atoms with van der Waals surface area (Å²) in [6.07, 6.45) is 2.53. The Morgan fingerprint density at radius 1 is 1.47 bits per heavy atom. The maximum absolute atomic E-state index is 10.7. The highest BCUT2D eigenvalue weighted by Crippen LogP contribution is 2.18. The van der Waals surface area contributed by atoms with Crippen LogP contribution in [0.5, 0.6) is 5.75 Å². The molecule has 1 saturated carbocycles. The van der Waals surface area contributed by atoms with Gasteiger partial charge in [0.05, 0.1) is 12.7 Å². The Labute approximate surface area is 94.2 Å². The van der Waals surface area contributed by atoms with E-state index in [4.69, 9.17) is 22.1 Å². The van der Waals surface area contributed by atoms with E-state index in [1.807, 2.05) is 0 Å². The fraction of sp³-hybridized carbons (Fsp3) is 0.364. The van der Waals surface area contributed by atoms with Crippen LogP contribution >= 0.6 is 11.6 Å². The molecule has 1 aliphatic rings. The first-order valence-electron chi connectivity index (χ1n) is 4.73. The van der Waals surface area contributed by atoms with Gasteiger partial charge in [0, 0.05) is 6.04 Å². The highest BCUT2D eigenvalue weighted by molar-refractivity contribution is 6.68. The molecule has 1 fully saturated rings. The third-order valence-electron chi connectivity index (χ3n) is 1.94. The van der Waals surface area contributed by atoms with Gasteiger partial charge in [-0.15, -0.1) is 0 Å². The monoisotopic (exact) mass is 227 g/mol. The summed E-state index contributed by atoms with van der Waals surface area (Å²) >= 11 is 5.27. The third kappa shape index (κ3) is 4.32. The number of para-hydroxylation sites is 1. The lowest BCUT2D eigenvalue weighted by Gasteiger charge is -2.01. The minimum absolute atomic E-state index is 0.400. The van der Waals surface area contributed by atoms with Gasteiger partial charge in [-0.2, -0.15) is 0 Å². The van der Waals surface area contributed by atoms with E-state index < -0.39 is 5.24 Å². The summed E-state index contributed by atoms with van der Waals surface area (Å²) in [6, 6.07) is 7.41. The van der Waals surface area contributed by atoms with Gasteiger partial charge in [0.25, 0.3) is 5.24 Å². The lowest BCUT2D eigenvalue weighted by molar-refractivity contribution is 0.107. The Hall–Kier alpha value is -1.06. The molecule has 0 radical (unpaired) electrons. The van der Waals surface area contributed by atoms with E-state index in [1.54, 1.807) is 24.3 Å². The summed E-state index contributed by atoms with van der Waals surface area (Å²) < 4.78 is 4.90. The summed E-state index contributed by atoms with van der Waals surface area (Å²) in [6.45, 7) is 0. The number of carbonyl (C=O) groups is 1. The summed E-state index contributed by atoms with van der Waals surface area (Å²) in [5, 5.41) is -0.498. The van der Waals surface area contributed by atoms with Crippen molar-refractivity contribution in [2.75, 3.05) is 7.11 Å². The second-order valence-corrected chi connectivity index (χ2v) is 3.65. The Kier molecular flexibility index (Phi) is 4.59. The molecule has 0 unspecified atom stereocenters.